The van der Waals surface area contributed by atoms with E-state index in [1.807, 2.05) is 20.8 Å². The van der Waals surface area contributed by atoms with E-state index in [0.29, 0.717) is 6.42 Å². The first-order valence-electron chi connectivity index (χ1n) is 5.81. The minimum Gasteiger partial charge on any atom is -0.296 e. The molecule has 0 aromatic heterocycles. The molecule has 4 nitrogen and oxygen atoms in total. The van der Waals surface area contributed by atoms with Crippen molar-refractivity contribution in [1.82, 2.24) is 5.48 Å². The Balaban J connectivity index is 2.46. The van der Waals surface area contributed by atoms with E-state index in [1.54, 1.807) is 0 Å². The van der Waals surface area contributed by atoms with Gasteiger partial charge in [0.25, 0.3) is 0 Å². The Hall–Kier alpha value is -0.130. The first-order valence-corrected chi connectivity index (χ1v) is 7.76. The third-order valence-corrected chi connectivity index (χ3v) is 4.40. The van der Waals surface area contributed by atoms with Gasteiger partial charge in [-0.25, -0.2) is 8.42 Å². The Morgan fingerprint density at radius 3 is 2.38 bits per heavy atom. The van der Waals surface area contributed by atoms with Crippen molar-refractivity contribution in [3.05, 3.63) is 0 Å². The summed E-state index contributed by atoms with van der Waals surface area (Å²) in [6, 6.07) is 0.160. The molecule has 0 amide bonds. The standard InChI is InChI=1S/C11H23NO3S/c1-11(2,3)15-12-9-6-5-7-10(8-9)16(4,13)14/h9-10,12H,5-8H2,1-4H3. The van der Waals surface area contributed by atoms with E-state index in [4.69, 9.17) is 4.84 Å². The minimum atomic E-state index is -2.91. The fraction of sp³-hybridized carbons (Fsp3) is 1.00. The van der Waals surface area contributed by atoms with Crippen LogP contribution in [-0.4, -0.2) is 31.6 Å². The van der Waals surface area contributed by atoms with Gasteiger partial charge < -0.3 is 0 Å². The van der Waals surface area contributed by atoms with Crippen molar-refractivity contribution in [2.75, 3.05) is 6.26 Å². The summed E-state index contributed by atoms with van der Waals surface area (Å²) in [7, 11) is -2.91. The van der Waals surface area contributed by atoms with Gasteiger partial charge in [0.2, 0.25) is 0 Å². The van der Waals surface area contributed by atoms with Crippen LogP contribution in [0.5, 0.6) is 0 Å². The highest BCUT2D eigenvalue weighted by molar-refractivity contribution is 7.91. The van der Waals surface area contributed by atoms with Crippen molar-refractivity contribution >= 4 is 9.84 Å². The number of sulfone groups is 1. The Morgan fingerprint density at radius 2 is 1.88 bits per heavy atom. The maximum atomic E-state index is 11.5. The molecule has 5 heteroatoms. The average molecular weight is 249 g/mol. The second kappa shape index (κ2) is 5.02. The van der Waals surface area contributed by atoms with Crippen molar-refractivity contribution in [3.63, 3.8) is 0 Å². The van der Waals surface area contributed by atoms with Crippen LogP contribution in [0.3, 0.4) is 0 Å². The summed E-state index contributed by atoms with van der Waals surface area (Å²) >= 11 is 0. The highest BCUT2D eigenvalue weighted by atomic mass is 32.2. The predicted molar refractivity (Wildman–Crippen MR) is 64.9 cm³/mol. The van der Waals surface area contributed by atoms with Crippen LogP contribution in [0.1, 0.15) is 46.5 Å². The molecular formula is C11H23NO3S. The molecule has 1 N–H and O–H groups in total. The maximum Gasteiger partial charge on any atom is 0.150 e. The third kappa shape index (κ3) is 4.80. The Bertz CT molecular complexity index is 319. The topological polar surface area (TPSA) is 55.4 Å². The normalized spacial score (nSPS) is 28.0. The monoisotopic (exact) mass is 249 g/mol. The number of rotatable bonds is 3. The summed E-state index contributed by atoms with van der Waals surface area (Å²) in [5.41, 5.74) is 2.76. The molecule has 0 bridgehead atoms. The fourth-order valence-corrected chi connectivity index (χ4v) is 3.08. The van der Waals surface area contributed by atoms with E-state index in [1.165, 1.54) is 6.26 Å². The molecule has 0 aliphatic heterocycles. The second-order valence-corrected chi connectivity index (χ2v) is 7.97. The van der Waals surface area contributed by atoms with E-state index in [-0.39, 0.29) is 16.9 Å². The van der Waals surface area contributed by atoms with E-state index in [2.05, 4.69) is 5.48 Å². The molecule has 96 valence electrons. The molecule has 0 aromatic carbocycles. The molecule has 0 heterocycles. The second-order valence-electron chi connectivity index (χ2n) is 5.65. The molecule has 0 radical (unpaired) electrons. The van der Waals surface area contributed by atoms with E-state index in [0.717, 1.165) is 19.3 Å². The van der Waals surface area contributed by atoms with Crippen LogP contribution in [0.25, 0.3) is 0 Å². The average Bonchev–Trinajstić information content (AvgIpc) is 2.13. The molecule has 2 unspecified atom stereocenters. The highest BCUT2D eigenvalue weighted by Crippen LogP contribution is 2.24. The SMILES string of the molecule is CC(C)(C)ONC1CCCC(S(C)(=O)=O)C1. The summed E-state index contributed by atoms with van der Waals surface area (Å²) in [5.74, 6) is 0. The lowest BCUT2D eigenvalue weighted by molar-refractivity contribution is -0.0923. The first kappa shape index (κ1) is 13.9. The minimum absolute atomic E-state index is 0.160. The highest BCUT2D eigenvalue weighted by Gasteiger charge is 2.29. The van der Waals surface area contributed by atoms with Crippen molar-refractivity contribution in [3.8, 4) is 0 Å². The van der Waals surface area contributed by atoms with Crippen LogP contribution in [0.15, 0.2) is 0 Å². The van der Waals surface area contributed by atoms with Crippen LogP contribution in [-0.2, 0) is 14.7 Å². The summed E-state index contributed by atoms with van der Waals surface area (Å²) in [4.78, 5) is 5.48. The maximum absolute atomic E-state index is 11.5. The van der Waals surface area contributed by atoms with Gasteiger partial charge in [-0.05, 0) is 40.0 Å². The lowest BCUT2D eigenvalue weighted by atomic mass is 9.96. The van der Waals surface area contributed by atoms with Gasteiger partial charge in [0.05, 0.1) is 10.9 Å². The molecule has 1 saturated carbocycles. The molecule has 0 spiro atoms. The molecule has 2 atom stereocenters. The lowest BCUT2D eigenvalue weighted by Crippen LogP contribution is -2.42. The molecule has 0 saturated heterocycles. The van der Waals surface area contributed by atoms with Gasteiger partial charge in [-0.3, -0.25) is 4.84 Å². The van der Waals surface area contributed by atoms with Crippen LogP contribution >= 0.6 is 0 Å². The summed E-state index contributed by atoms with van der Waals surface area (Å²) in [5, 5.41) is -0.206. The number of hydrogen-bond acceptors (Lipinski definition) is 4. The Kier molecular flexibility index (Phi) is 4.37. The van der Waals surface area contributed by atoms with Crippen molar-refractivity contribution in [1.29, 1.82) is 0 Å². The molecule has 0 aromatic rings. The zero-order chi connectivity index (χ0) is 12.4. The molecule has 1 aliphatic carbocycles. The molecule has 1 rings (SSSR count). The lowest BCUT2D eigenvalue weighted by Gasteiger charge is -2.31. The summed E-state index contributed by atoms with van der Waals surface area (Å²) < 4.78 is 22.9. The Morgan fingerprint density at radius 1 is 1.25 bits per heavy atom. The van der Waals surface area contributed by atoms with Gasteiger partial charge in [-0.1, -0.05) is 6.42 Å². The quantitative estimate of drug-likeness (QED) is 0.773. The van der Waals surface area contributed by atoms with Crippen LogP contribution in [0.4, 0.5) is 0 Å². The Labute approximate surface area is 98.6 Å². The summed E-state index contributed by atoms with van der Waals surface area (Å²) in [6.45, 7) is 5.91. The zero-order valence-corrected chi connectivity index (χ0v) is 11.4. The molecular weight excluding hydrogens is 226 g/mol. The van der Waals surface area contributed by atoms with Gasteiger partial charge >= 0.3 is 0 Å². The van der Waals surface area contributed by atoms with Gasteiger partial charge in [0.1, 0.15) is 9.84 Å². The van der Waals surface area contributed by atoms with Gasteiger partial charge in [-0.2, -0.15) is 5.48 Å². The predicted octanol–water partition coefficient (Wildman–Crippen LogP) is 1.66. The first-order chi connectivity index (χ1) is 7.18. The molecule has 1 fully saturated rings. The molecule has 1 aliphatic rings. The number of hydrogen-bond donors (Lipinski definition) is 1. The number of nitrogens with one attached hydrogen (secondary N) is 1. The van der Waals surface area contributed by atoms with Crippen LogP contribution in [0, 0.1) is 0 Å². The zero-order valence-electron chi connectivity index (χ0n) is 10.6. The number of hydroxylamine groups is 1. The van der Waals surface area contributed by atoms with E-state index < -0.39 is 9.84 Å². The van der Waals surface area contributed by atoms with E-state index >= 15 is 0 Å². The smallest absolute Gasteiger partial charge is 0.150 e. The fourth-order valence-electron chi connectivity index (χ4n) is 1.90. The van der Waals surface area contributed by atoms with Gasteiger partial charge in [0.15, 0.2) is 0 Å². The third-order valence-electron chi connectivity index (χ3n) is 2.76. The van der Waals surface area contributed by atoms with Gasteiger partial charge in [-0.15, -0.1) is 0 Å². The summed E-state index contributed by atoms with van der Waals surface area (Å²) in [6.07, 6.45) is 4.71. The van der Waals surface area contributed by atoms with Crippen molar-refractivity contribution in [2.45, 2.75) is 63.3 Å². The van der Waals surface area contributed by atoms with Crippen LogP contribution in [0.2, 0.25) is 0 Å². The van der Waals surface area contributed by atoms with Crippen molar-refractivity contribution in [2.24, 2.45) is 0 Å². The molecule has 16 heavy (non-hydrogen) atoms. The van der Waals surface area contributed by atoms with Crippen molar-refractivity contribution < 1.29 is 13.3 Å². The van der Waals surface area contributed by atoms with Crippen LogP contribution < -0.4 is 5.48 Å². The largest absolute Gasteiger partial charge is 0.296 e. The van der Waals surface area contributed by atoms with E-state index in [9.17, 15) is 8.42 Å². The van der Waals surface area contributed by atoms with Gasteiger partial charge in [0, 0.05) is 12.3 Å².